The van der Waals surface area contributed by atoms with Crippen molar-refractivity contribution in [3.05, 3.63) is 94.5 Å². The van der Waals surface area contributed by atoms with Crippen LogP contribution in [0.25, 0.3) is 0 Å². The summed E-state index contributed by atoms with van der Waals surface area (Å²) in [6, 6.07) is 22.3. The maximum absolute atomic E-state index is 12.9. The molecule has 3 aromatic carbocycles. The number of rotatable bonds is 5. The average Bonchev–Trinajstić information content (AvgIpc) is 2.94. The first-order chi connectivity index (χ1) is 15.1. The van der Waals surface area contributed by atoms with E-state index < -0.39 is 0 Å². The lowest BCUT2D eigenvalue weighted by Crippen LogP contribution is -2.35. The summed E-state index contributed by atoms with van der Waals surface area (Å²) in [4.78, 5) is 27.3. The molecule has 1 atom stereocenters. The molecule has 1 unspecified atom stereocenters. The van der Waals surface area contributed by atoms with Crippen LogP contribution >= 0.6 is 11.6 Å². The second kappa shape index (κ2) is 9.23. The Hall–Kier alpha value is -3.31. The number of amides is 2. The Morgan fingerprint density at radius 2 is 1.84 bits per heavy atom. The van der Waals surface area contributed by atoms with Crippen LogP contribution in [-0.2, 0) is 11.3 Å². The van der Waals surface area contributed by atoms with Crippen molar-refractivity contribution in [1.82, 2.24) is 4.90 Å². The van der Waals surface area contributed by atoms with Crippen molar-refractivity contribution in [3.8, 4) is 5.75 Å². The van der Waals surface area contributed by atoms with Gasteiger partial charge in [-0.3, -0.25) is 9.59 Å². The zero-order valence-electron chi connectivity index (χ0n) is 17.2. The smallest absolute Gasteiger partial charge is 0.261 e. The quantitative estimate of drug-likeness (QED) is 0.579. The molecule has 1 aliphatic heterocycles. The van der Waals surface area contributed by atoms with Gasteiger partial charge >= 0.3 is 0 Å². The van der Waals surface area contributed by atoms with Crippen LogP contribution in [0.1, 0.15) is 40.9 Å². The molecule has 0 fully saturated rings. The van der Waals surface area contributed by atoms with Gasteiger partial charge in [-0.15, -0.1) is 0 Å². The van der Waals surface area contributed by atoms with Gasteiger partial charge in [0.25, 0.3) is 11.8 Å². The number of ether oxygens (including phenoxy) is 1. The molecule has 3 aromatic rings. The van der Waals surface area contributed by atoms with Gasteiger partial charge in [-0.25, -0.2) is 0 Å². The van der Waals surface area contributed by atoms with Crippen LogP contribution in [0.15, 0.2) is 72.8 Å². The molecule has 1 N–H and O–H groups in total. The fraction of sp³-hybridized carbons (Fsp3) is 0.200. The Bertz CT molecular complexity index is 1100. The van der Waals surface area contributed by atoms with Crippen molar-refractivity contribution in [2.24, 2.45) is 0 Å². The summed E-state index contributed by atoms with van der Waals surface area (Å²) >= 11 is 6.14. The Morgan fingerprint density at radius 3 is 2.58 bits per heavy atom. The van der Waals surface area contributed by atoms with Gasteiger partial charge in [-0.1, -0.05) is 61.0 Å². The summed E-state index contributed by atoms with van der Waals surface area (Å²) in [5.74, 6) is 0.298. The number of halogens is 1. The third-order valence-corrected chi connectivity index (χ3v) is 5.73. The van der Waals surface area contributed by atoms with E-state index in [0.29, 0.717) is 28.6 Å². The van der Waals surface area contributed by atoms with E-state index in [4.69, 9.17) is 16.3 Å². The van der Waals surface area contributed by atoms with Crippen molar-refractivity contribution in [2.45, 2.75) is 25.9 Å². The summed E-state index contributed by atoms with van der Waals surface area (Å²) in [7, 11) is 0. The Morgan fingerprint density at radius 1 is 1.10 bits per heavy atom. The highest BCUT2D eigenvalue weighted by atomic mass is 35.5. The molecular formula is C25H23ClN2O3. The molecule has 1 heterocycles. The molecule has 0 spiro atoms. The molecule has 1 aliphatic rings. The predicted molar refractivity (Wildman–Crippen MR) is 121 cm³/mol. The molecule has 31 heavy (non-hydrogen) atoms. The topological polar surface area (TPSA) is 58.6 Å². The van der Waals surface area contributed by atoms with E-state index in [1.807, 2.05) is 41.3 Å². The zero-order valence-corrected chi connectivity index (χ0v) is 17.9. The number of hydrogen-bond donors (Lipinski definition) is 1. The average molecular weight is 435 g/mol. The first kappa shape index (κ1) is 20.9. The minimum absolute atomic E-state index is 0.0122. The van der Waals surface area contributed by atoms with E-state index in [-0.39, 0.29) is 24.5 Å². The molecule has 0 saturated carbocycles. The maximum Gasteiger partial charge on any atom is 0.261 e. The lowest BCUT2D eigenvalue weighted by molar-refractivity contribution is -0.135. The van der Waals surface area contributed by atoms with E-state index in [2.05, 4.69) is 12.2 Å². The SMILES string of the molecule is CCC(c1ccccc1)N1Cc2cc(NC(=O)c3ccccc3Cl)ccc2OCC1=O. The molecule has 158 valence electrons. The fourth-order valence-corrected chi connectivity index (χ4v) is 4.08. The van der Waals surface area contributed by atoms with Crippen molar-refractivity contribution in [2.75, 3.05) is 11.9 Å². The fourth-order valence-electron chi connectivity index (χ4n) is 3.85. The Labute approximate surface area is 186 Å². The summed E-state index contributed by atoms with van der Waals surface area (Å²) in [6.07, 6.45) is 0.786. The molecule has 4 rings (SSSR count). The van der Waals surface area contributed by atoms with Gasteiger partial charge in [0.2, 0.25) is 0 Å². The van der Waals surface area contributed by atoms with Gasteiger partial charge < -0.3 is 15.0 Å². The third-order valence-electron chi connectivity index (χ3n) is 5.40. The number of benzene rings is 3. The highest BCUT2D eigenvalue weighted by molar-refractivity contribution is 6.34. The first-order valence-electron chi connectivity index (χ1n) is 10.2. The second-order valence-corrected chi connectivity index (χ2v) is 7.81. The standard InChI is InChI=1S/C25H23ClN2O3/c1-2-22(17-8-4-3-5-9-17)28-15-18-14-19(12-13-23(18)31-16-24(28)29)27-25(30)20-10-6-7-11-21(20)26/h3-14,22H,2,15-16H2,1H3,(H,27,30). The van der Waals surface area contributed by atoms with Crippen LogP contribution < -0.4 is 10.1 Å². The maximum atomic E-state index is 12.9. The lowest BCUT2D eigenvalue weighted by Gasteiger charge is -2.30. The largest absolute Gasteiger partial charge is 0.483 e. The Balaban J connectivity index is 1.60. The molecule has 0 bridgehead atoms. The zero-order chi connectivity index (χ0) is 21.8. The van der Waals surface area contributed by atoms with Crippen LogP contribution in [0, 0.1) is 0 Å². The summed E-state index contributed by atoms with van der Waals surface area (Å²) in [5.41, 5.74) is 2.96. The van der Waals surface area contributed by atoms with Crippen molar-refractivity contribution < 1.29 is 14.3 Å². The number of anilines is 1. The molecule has 6 heteroatoms. The van der Waals surface area contributed by atoms with Gasteiger partial charge in [0, 0.05) is 11.3 Å². The molecule has 0 aliphatic carbocycles. The van der Waals surface area contributed by atoms with Crippen LogP contribution in [-0.4, -0.2) is 23.3 Å². The van der Waals surface area contributed by atoms with E-state index in [9.17, 15) is 9.59 Å². The first-order valence-corrected chi connectivity index (χ1v) is 10.6. The number of fused-ring (bicyclic) bond motifs is 1. The number of carbonyl (C=O) groups is 2. The molecule has 0 saturated heterocycles. The van der Waals surface area contributed by atoms with E-state index in [1.165, 1.54) is 0 Å². The van der Waals surface area contributed by atoms with Gasteiger partial charge in [-0.2, -0.15) is 0 Å². The van der Waals surface area contributed by atoms with Gasteiger partial charge in [0.1, 0.15) is 5.75 Å². The van der Waals surface area contributed by atoms with Crippen molar-refractivity contribution in [1.29, 1.82) is 0 Å². The molecule has 0 aromatic heterocycles. The number of carbonyl (C=O) groups excluding carboxylic acids is 2. The van der Waals surface area contributed by atoms with Crippen LogP contribution in [0.2, 0.25) is 5.02 Å². The molecule has 2 amide bonds. The van der Waals surface area contributed by atoms with E-state index >= 15 is 0 Å². The number of hydrogen-bond acceptors (Lipinski definition) is 3. The van der Waals surface area contributed by atoms with Crippen LogP contribution in [0.5, 0.6) is 5.75 Å². The third kappa shape index (κ3) is 4.57. The van der Waals surface area contributed by atoms with Gasteiger partial charge in [0.05, 0.1) is 23.2 Å². The highest BCUT2D eigenvalue weighted by Gasteiger charge is 2.28. The number of nitrogens with one attached hydrogen (secondary N) is 1. The highest BCUT2D eigenvalue weighted by Crippen LogP contribution is 2.33. The predicted octanol–water partition coefficient (Wildman–Crippen LogP) is 5.46. The minimum Gasteiger partial charge on any atom is -0.483 e. The van der Waals surface area contributed by atoms with Gasteiger partial charge in [-0.05, 0) is 42.3 Å². The molecule has 0 radical (unpaired) electrons. The summed E-state index contributed by atoms with van der Waals surface area (Å²) in [5, 5.41) is 3.28. The molecule has 5 nitrogen and oxygen atoms in total. The molecular weight excluding hydrogens is 412 g/mol. The minimum atomic E-state index is -0.288. The normalized spacial score (nSPS) is 14.3. The monoisotopic (exact) mass is 434 g/mol. The Kier molecular flexibility index (Phi) is 6.23. The van der Waals surface area contributed by atoms with E-state index in [0.717, 1.165) is 17.5 Å². The van der Waals surface area contributed by atoms with Crippen molar-refractivity contribution >= 4 is 29.1 Å². The van der Waals surface area contributed by atoms with Gasteiger partial charge in [0.15, 0.2) is 6.61 Å². The van der Waals surface area contributed by atoms with E-state index in [1.54, 1.807) is 36.4 Å². The number of nitrogens with zero attached hydrogens (tertiary/aromatic N) is 1. The summed E-state index contributed by atoms with van der Waals surface area (Å²) < 4.78 is 5.76. The second-order valence-electron chi connectivity index (χ2n) is 7.40. The van der Waals surface area contributed by atoms with Crippen molar-refractivity contribution in [3.63, 3.8) is 0 Å². The van der Waals surface area contributed by atoms with Crippen LogP contribution in [0.4, 0.5) is 5.69 Å². The summed E-state index contributed by atoms with van der Waals surface area (Å²) in [6.45, 7) is 2.46. The lowest BCUT2D eigenvalue weighted by atomic mass is 10.0. The van der Waals surface area contributed by atoms with Crippen LogP contribution in [0.3, 0.4) is 0 Å².